The highest BCUT2D eigenvalue weighted by Gasteiger charge is 2.27. The van der Waals surface area contributed by atoms with Crippen molar-refractivity contribution in [1.29, 1.82) is 0 Å². The molecular weight excluding hydrogens is 252 g/mol. The predicted octanol–water partition coefficient (Wildman–Crippen LogP) is 2.23. The molecule has 1 aromatic rings. The molecule has 1 aromatic carbocycles. The van der Waals surface area contributed by atoms with Gasteiger partial charge >= 0.3 is 5.97 Å². The highest BCUT2D eigenvalue weighted by molar-refractivity contribution is 5.75. The van der Waals surface area contributed by atoms with Crippen LogP contribution in [0.1, 0.15) is 43.4 Å². The number of hydrogen-bond donors (Lipinski definition) is 2. The first kappa shape index (κ1) is 15.0. The van der Waals surface area contributed by atoms with Gasteiger partial charge < -0.3 is 10.4 Å². The number of nitrogens with zero attached hydrogens (tertiary/aromatic N) is 1. The van der Waals surface area contributed by atoms with Crippen LogP contribution in [0.2, 0.25) is 0 Å². The molecule has 1 aliphatic rings. The Morgan fingerprint density at radius 3 is 2.40 bits per heavy atom. The molecule has 1 saturated heterocycles. The molecule has 0 radical (unpaired) electrons. The number of rotatable bonds is 4. The minimum absolute atomic E-state index is 0.467. The van der Waals surface area contributed by atoms with E-state index in [0.717, 1.165) is 38.2 Å². The molecule has 2 rings (SSSR count). The molecule has 0 bridgehead atoms. The van der Waals surface area contributed by atoms with Crippen LogP contribution in [0.25, 0.3) is 0 Å². The van der Waals surface area contributed by atoms with E-state index >= 15 is 0 Å². The first-order valence-corrected chi connectivity index (χ1v) is 7.37. The van der Waals surface area contributed by atoms with Crippen LogP contribution in [0.3, 0.4) is 0 Å². The van der Waals surface area contributed by atoms with E-state index in [9.17, 15) is 9.90 Å². The van der Waals surface area contributed by atoms with Gasteiger partial charge in [-0.2, -0.15) is 0 Å². The predicted molar refractivity (Wildman–Crippen MR) is 80.0 cm³/mol. The summed E-state index contributed by atoms with van der Waals surface area (Å²) in [5.41, 5.74) is 2.12. The summed E-state index contributed by atoms with van der Waals surface area (Å²) < 4.78 is 0. The Bertz CT molecular complexity index is 434. The van der Waals surface area contributed by atoms with E-state index in [1.807, 2.05) is 24.3 Å². The number of aliphatic carboxylic acids is 1. The smallest absolute Gasteiger partial charge is 0.325 e. The van der Waals surface area contributed by atoms with Gasteiger partial charge in [0.15, 0.2) is 0 Å². The maximum Gasteiger partial charge on any atom is 0.325 e. The van der Waals surface area contributed by atoms with Crippen LogP contribution < -0.4 is 5.32 Å². The molecule has 1 heterocycles. The number of hydrogen-bond acceptors (Lipinski definition) is 3. The summed E-state index contributed by atoms with van der Waals surface area (Å²) >= 11 is 0. The second kappa shape index (κ2) is 6.86. The third-order valence-corrected chi connectivity index (χ3v) is 3.89. The van der Waals surface area contributed by atoms with Crippen LogP contribution in [-0.4, -0.2) is 42.2 Å². The first-order chi connectivity index (χ1) is 9.59. The Balaban J connectivity index is 2.21. The van der Waals surface area contributed by atoms with Crippen LogP contribution in [-0.2, 0) is 4.79 Å². The van der Waals surface area contributed by atoms with Gasteiger partial charge in [0.1, 0.15) is 6.04 Å². The fourth-order valence-corrected chi connectivity index (χ4v) is 2.70. The molecule has 0 amide bonds. The van der Waals surface area contributed by atoms with E-state index in [1.54, 1.807) is 0 Å². The standard InChI is InChI=1S/C16H24N2O2/c1-12(2)13-4-6-14(7-5-13)15(16(19)20)18-10-3-8-17-9-11-18/h4-7,12,15,17H,3,8-11H2,1-2H3,(H,19,20). The van der Waals surface area contributed by atoms with Crippen molar-refractivity contribution in [3.63, 3.8) is 0 Å². The van der Waals surface area contributed by atoms with Crippen LogP contribution >= 0.6 is 0 Å². The van der Waals surface area contributed by atoms with Gasteiger partial charge in [-0.3, -0.25) is 9.69 Å². The molecule has 1 unspecified atom stereocenters. The number of nitrogens with one attached hydrogen (secondary N) is 1. The van der Waals surface area contributed by atoms with E-state index in [2.05, 4.69) is 24.1 Å². The van der Waals surface area contributed by atoms with Crippen molar-refractivity contribution in [1.82, 2.24) is 10.2 Å². The summed E-state index contributed by atoms with van der Waals surface area (Å²) in [7, 11) is 0. The van der Waals surface area contributed by atoms with Gasteiger partial charge in [-0.05, 0) is 30.0 Å². The lowest BCUT2D eigenvalue weighted by Crippen LogP contribution is -2.36. The van der Waals surface area contributed by atoms with Crippen LogP contribution in [0.4, 0.5) is 0 Å². The average Bonchev–Trinajstić information content (AvgIpc) is 2.68. The zero-order chi connectivity index (χ0) is 14.5. The van der Waals surface area contributed by atoms with Crippen molar-refractivity contribution >= 4 is 5.97 Å². The number of benzene rings is 1. The third-order valence-electron chi connectivity index (χ3n) is 3.89. The molecule has 1 aliphatic heterocycles. The molecule has 4 nitrogen and oxygen atoms in total. The second-order valence-corrected chi connectivity index (χ2v) is 5.70. The highest BCUT2D eigenvalue weighted by Crippen LogP contribution is 2.24. The quantitative estimate of drug-likeness (QED) is 0.885. The monoisotopic (exact) mass is 276 g/mol. The summed E-state index contributed by atoms with van der Waals surface area (Å²) in [4.78, 5) is 13.7. The molecule has 1 fully saturated rings. The van der Waals surface area contributed by atoms with Crippen molar-refractivity contribution in [3.8, 4) is 0 Å². The van der Waals surface area contributed by atoms with E-state index in [0.29, 0.717) is 5.92 Å². The third kappa shape index (κ3) is 3.58. The van der Waals surface area contributed by atoms with Crippen molar-refractivity contribution in [3.05, 3.63) is 35.4 Å². The molecule has 0 aromatic heterocycles. The minimum Gasteiger partial charge on any atom is -0.480 e. The molecule has 0 aliphatic carbocycles. The summed E-state index contributed by atoms with van der Waals surface area (Å²) in [5.74, 6) is -0.293. The average molecular weight is 276 g/mol. The lowest BCUT2D eigenvalue weighted by atomic mass is 9.98. The molecular formula is C16H24N2O2. The molecule has 0 saturated carbocycles. The van der Waals surface area contributed by atoms with Crippen LogP contribution in [0.15, 0.2) is 24.3 Å². The highest BCUT2D eigenvalue weighted by atomic mass is 16.4. The minimum atomic E-state index is -0.760. The van der Waals surface area contributed by atoms with Crippen molar-refractivity contribution in [2.75, 3.05) is 26.2 Å². The summed E-state index contributed by atoms with van der Waals surface area (Å²) in [6.45, 7) is 7.72. The Morgan fingerprint density at radius 1 is 1.15 bits per heavy atom. The van der Waals surface area contributed by atoms with Gasteiger partial charge in [-0.25, -0.2) is 0 Å². The molecule has 2 N–H and O–H groups in total. The van der Waals surface area contributed by atoms with Crippen molar-refractivity contribution < 1.29 is 9.90 Å². The number of carbonyl (C=O) groups is 1. The SMILES string of the molecule is CC(C)c1ccc(C(C(=O)O)N2CCCNCC2)cc1. The number of carboxylic acid groups (broad SMARTS) is 1. The largest absolute Gasteiger partial charge is 0.480 e. The second-order valence-electron chi connectivity index (χ2n) is 5.70. The van der Waals surface area contributed by atoms with Gasteiger partial charge in [0.25, 0.3) is 0 Å². The molecule has 110 valence electrons. The van der Waals surface area contributed by atoms with Gasteiger partial charge in [0.05, 0.1) is 0 Å². The van der Waals surface area contributed by atoms with Crippen molar-refractivity contribution in [2.45, 2.75) is 32.2 Å². The lowest BCUT2D eigenvalue weighted by molar-refractivity contribution is -0.143. The summed E-state index contributed by atoms with van der Waals surface area (Å²) in [6.07, 6.45) is 0.994. The number of carboxylic acids is 1. The van der Waals surface area contributed by atoms with Crippen LogP contribution in [0, 0.1) is 0 Å². The fourth-order valence-electron chi connectivity index (χ4n) is 2.70. The Labute approximate surface area is 120 Å². The van der Waals surface area contributed by atoms with E-state index < -0.39 is 12.0 Å². The maximum absolute atomic E-state index is 11.7. The van der Waals surface area contributed by atoms with Crippen molar-refractivity contribution in [2.24, 2.45) is 0 Å². The van der Waals surface area contributed by atoms with Gasteiger partial charge in [-0.15, -0.1) is 0 Å². The summed E-state index contributed by atoms with van der Waals surface area (Å²) in [5, 5.41) is 12.9. The molecule has 0 spiro atoms. The topological polar surface area (TPSA) is 52.6 Å². The van der Waals surface area contributed by atoms with E-state index in [4.69, 9.17) is 0 Å². The molecule has 1 atom stereocenters. The molecule has 4 heteroatoms. The summed E-state index contributed by atoms with van der Waals surface area (Å²) in [6, 6.07) is 7.49. The van der Waals surface area contributed by atoms with Gasteiger partial charge in [-0.1, -0.05) is 38.1 Å². The Morgan fingerprint density at radius 2 is 1.80 bits per heavy atom. The maximum atomic E-state index is 11.7. The normalized spacial score (nSPS) is 18.8. The Hall–Kier alpha value is -1.39. The van der Waals surface area contributed by atoms with Gasteiger partial charge in [0, 0.05) is 19.6 Å². The van der Waals surface area contributed by atoms with E-state index in [1.165, 1.54) is 5.56 Å². The zero-order valence-electron chi connectivity index (χ0n) is 12.3. The fraction of sp³-hybridized carbons (Fsp3) is 0.562. The van der Waals surface area contributed by atoms with Gasteiger partial charge in [0.2, 0.25) is 0 Å². The first-order valence-electron chi connectivity index (χ1n) is 7.37. The lowest BCUT2D eigenvalue weighted by Gasteiger charge is -2.27. The molecule has 20 heavy (non-hydrogen) atoms. The van der Waals surface area contributed by atoms with E-state index in [-0.39, 0.29) is 0 Å². The van der Waals surface area contributed by atoms with Crippen LogP contribution in [0.5, 0.6) is 0 Å². The zero-order valence-corrected chi connectivity index (χ0v) is 12.3. The Kier molecular flexibility index (Phi) is 5.15.